The van der Waals surface area contributed by atoms with Crippen LogP contribution < -0.4 is 10.6 Å². The van der Waals surface area contributed by atoms with Crippen LogP contribution in [0.25, 0.3) is 0 Å². The minimum Gasteiger partial charge on any atom is -0.444 e. The van der Waals surface area contributed by atoms with Gasteiger partial charge in [0.15, 0.2) is 0 Å². The molecule has 1 aromatic heterocycles. The Morgan fingerprint density at radius 3 is 2.71 bits per heavy atom. The van der Waals surface area contributed by atoms with Crippen LogP contribution in [0.3, 0.4) is 0 Å². The van der Waals surface area contributed by atoms with Crippen molar-refractivity contribution in [1.29, 1.82) is 0 Å². The third-order valence-electron chi connectivity index (χ3n) is 3.55. The van der Waals surface area contributed by atoms with Gasteiger partial charge in [-0.2, -0.15) is 0 Å². The summed E-state index contributed by atoms with van der Waals surface area (Å²) in [6, 6.07) is 2.54. The minimum atomic E-state index is -0.451. The van der Waals surface area contributed by atoms with E-state index in [4.69, 9.17) is 4.74 Å². The van der Waals surface area contributed by atoms with Crippen LogP contribution in [0, 0.1) is 6.92 Å². The number of amides is 1. The topological polar surface area (TPSA) is 63.2 Å². The number of rotatable bonds is 3. The Labute approximate surface area is 126 Å². The summed E-state index contributed by atoms with van der Waals surface area (Å²) in [5.74, 6) is 0. The molecule has 2 atom stereocenters. The van der Waals surface area contributed by atoms with Crippen LogP contribution in [-0.4, -0.2) is 28.8 Å². The molecule has 1 aliphatic carbocycles. The number of nitrogens with one attached hydrogen (secondary N) is 2. The number of nitrogens with zero attached hydrogens (tertiary/aromatic N) is 1. The molecule has 0 aliphatic heterocycles. The number of alkyl carbamates (subject to hydrolysis) is 1. The number of aromatic nitrogens is 1. The van der Waals surface area contributed by atoms with Crippen molar-refractivity contribution in [2.24, 2.45) is 0 Å². The molecule has 1 fully saturated rings. The zero-order valence-corrected chi connectivity index (χ0v) is 13.3. The van der Waals surface area contributed by atoms with Crippen LogP contribution >= 0.6 is 0 Å². The lowest BCUT2D eigenvalue weighted by atomic mass is 10.2. The summed E-state index contributed by atoms with van der Waals surface area (Å²) in [6.45, 7) is 7.68. The predicted octanol–water partition coefficient (Wildman–Crippen LogP) is 3.25. The van der Waals surface area contributed by atoms with Crippen LogP contribution in [-0.2, 0) is 4.74 Å². The molecule has 2 unspecified atom stereocenters. The Bertz CT molecular complexity index is 497. The smallest absolute Gasteiger partial charge is 0.407 e. The lowest BCUT2D eigenvalue weighted by Crippen LogP contribution is -2.38. The van der Waals surface area contributed by atoms with Gasteiger partial charge in [0.2, 0.25) is 0 Å². The van der Waals surface area contributed by atoms with Crippen molar-refractivity contribution in [3.63, 3.8) is 0 Å². The highest BCUT2D eigenvalue weighted by Gasteiger charge is 2.27. The zero-order valence-electron chi connectivity index (χ0n) is 13.3. The number of ether oxygens (including phenoxy) is 1. The number of anilines is 1. The molecule has 1 amide bonds. The second kappa shape index (κ2) is 6.33. The summed E-state index contributed by atoms with van der Waals surface area (Å²) in [5.41, 5.74) is 1.81. The van der Waals surface area contributed by atoms with Gasteiger partial charge in [0, 0.05) is 18.3 Å². The quantitative estimate of drug-likeness (QED) is 0.897. The summed E-state index contributed by atoms with van der Waals surface area (Å²) < 4.78 is 5.29. The Balaban J connectivity index is 1.81. The Morgan fingerprint density at radius 2 is 2.05 bits per heavy atom. The van der Waals surface area contributed by atoms with Gasteiger partial charge in [-0.05, 0) is 58.6 Å². The van der Waals surface area contributed by atoms with E-state index in [9.17, 15) is 4.79 Å². The molecule has 0 saturated heterocycles. The average molecular weight is 291 g/mol. The minimum absolute atomic E-state index is 0.175. The van der Waals surface area contributed by atoms with E-state index in [-0.39, 0.29) is 12.1 Å². The van der Waals surface area contributed by atoms with Crippen LogP contribution in [0.15, 0.2) is 18.5 Å². The van der Waals surface area contributed by atoms with Crippen LogP contribution in [0.1, 0.15) is 45.6 Å². The molecule has 116 valence electrons. The van der Waals surface area contributed by atoms with Gasteiger partial charge in [0.05, 0.1) is 11.9 Å². The molecule has 5 heteroatoms. The van der Waals surface area contributed by atoms with Gasteiger partial charge < -0.3 is 15.4 Å². The van der Waals surface area contributed by atoms with E-state index in [0.29, 0.717) is 6.04 Å². The van der Waals surface area contributed by atoms with Gasteiger partial charge in [-0.15, -0.1) is 0 Å². The van der Waals surface area contributed by atoms with Crippen molar-refractivity contribution in [3.05, 3.63) is 24.0 Å². The number of hydrogen-bond acceptors (Lipinski definition) is 4. The fraction of sp³-hybridized carbons (Fsp3) is 0.625. The number of hydrogen-bond donors (Lipinski definition) is 2. The first-order valence-corrected chi connectivity index (χ1v) is 7.50. The monoisotopic (exact) mass is 291 g/mol. The maximum Gasteiger partial charge on any atom is 0.407 e. The molecular formula is C16H25N3O2. The van der Waals surface area contributed by atoms with E-state index in [1.807, 2.05) is 33.0 Å². The largest absolute Gasteiger partial charge is 0.444 e. The van der Waals surface area contributed by atoms with E-state index in [2.05, 4.69) is 22.5 Å². The Kier molecular flexibility index (Phi) is 4.70. The summed E-state index contributed by atoms with van der Waals surface area (Å²) in [4.78, 5) is 15.9. The first-order chi connectivity index (χ1) is 9.83. The maximum absolute atomic E-state index is 11.8. The molecule has 0 aromatic carbocycles. The number of pyridine rings is 1. The number of aryl methyl sites for hydroxylation is 1. The molecule has 1 heterocycles. The average Bonchev–Trinajstić information content (AvgIpc) is 2.77. The van der Waals surface area contributed by atoms with Crippen molar-refractivity contribution >= 4 is 11.8 Å². The van der Waals surface area contributed by atoms with Crippen molar-refractivity contribution in [2.75, 3.05) is 5.32 Å². The third kappa shape index (κ3) is 4.92. The predicted molar refractivity (Wildman–Crippen MR) is 83.4 cm³/mol. The van der Waals surface area contributed by atoms with Gasteiger partial charge in [-0.25, -0.2) is 4.79 Å². The lowest BCUT2D eigenvalue weighted by molar-refractivity contribution is 0.0505. The highest BCUT2D eigenvalue weighted by molar-refractivity contribution is 5.68. The van der Waals surface area contributed by atoms with Crippen LogP contribution in [0.4, 0.5) is 10.5 Å². The maximum atomic E-state index is 11.8. The van der Waals surface area contributed by atoms with E-state index < -0.39 is 5.60 Å². The molecule has 2 N–H and O–H groups in total. The zero-order chi connectivity index (χ0) is 15.5. The molecule has 2 rings (SSSR count). The number of carbonyl (C=O) groups excluding carboxylic acids is 1. The Hall–Kier alpha value is -1.78. The molecule has 1 saturated carbocycles. The molecule has 1 aliphatic rings. The van der Waals surface area contributed by atoms with Crippen LogP contribution in [0.5, 0.6) is 0 Å². The molecule has 21 heavy (non-hydrogen) atoms. The van der Waals surface area contributed by atoms with Gasteiger partial charge >= 0.3 is 6.09 Å². The van der Waals surface area contributed by atoms with Crippen molar-refractivity contribution in [2.45, 2.75) is 64.6 Å². The van der Waals surface area contributed by atoms with Gasteiger partial charge in [0.25, 0.3) is 0 Å². The third-order valence-corrected chi connectivity index (χ3v) is 3.55. The van der Waals surface area contributed by atoms with Crippen LogP contribution in [0.2, 0.25) is 0 Å². The first-order valence-electron chi connectivity index (χ1n) is 7.50. The molecular weight excluding hydrogens is 266 g/mol. The summed E-state index contributed by atoms with van der Waals surface area (Å²) in [5, 5.41) is 6.45. The second-order valence-electron chi connectivity index (χ2n) is 6.69. The van der Waals surface area contributed by atoms with Crippen molar-refractivity contribution in [3.8, 4) is 0 Å². The highest BCUT2D eigenvalue weighted by atomic mass is 16.6. The molecule has 5 nitrogen and oxygen atoms in total. The molecule has 0 radical (unpaired) electrons. The second-order valence-corrected chi connectivity index (χ2v) is 6.69. The van der Waals surface area contributed by atoms with Gasteiger partial charge in [0.1, 0.15) is 5.60 Å². The fourth-order valence-corrected chi connectivity index (χ4v) is 2.55. The Morgan fingerprint density at radius 1 is 1.33 bits per heavy atom. The lowest BCUT2D eigenvalue weighted by Gasteiger charge is -2.22. The van der Waals surface area contributed by atoms with E-state index in [1.165, 1.54) is 5.56 Å². The number of carbonyl (C=O) groups is 1. The van der Waals surface area contributed by atoms with Gasteiger partial charge in [-0.3, -0.25) is 4.98 Å². The van der Waals surface area contributed by atoms with Gasteiger partial charge in [-0.1, -0.05) is 0 Å². The molecule has 0 bridgehead atoms. The van der Waals surface area contributed by atoms with E-state index in [0.717, 1.165) is 24.9 Å². The summed E-state index contributed by atoms with van der Waals surface area (Å²) in [7, 11) is 0. The highest BCUT2D eigenvalue weighted by Crippen LogP contribution is 2.24. The fourth-order valence-electron chi connectivity index (χ4n) is 2.55. The molecule has 0 spiro atoms. The van der Waals surface area contributed by atoms with Crippen molar-refractivity contribution < 1.29 is 9.53 Å². The first kappa shape index (κ1) is 15.6. The standard InChI is InChI=1S/C16H25N3O2/c1-11-7-8-17-10-14(11)18-12-5-6-13(9-12)19-15(20)21-16(2,3)4/h7-8,10,12-13,18H,5-6,9H2,1-4H3,(H,19,20). The SMILES string of the molecule is Cc1ccncc1NC1CCC(NC(=O)OC(C)(C)C)C1. The molecule has 1 aromatic rings. The summed E-state index contributed by atoms with van der Waals surface area (Å²) >= 11 is 0. The van der Waals surface area contributed by atoms with E-state index in [1.54, 1.807) is 6.20 Å². The van der Waals surface area contributed by atoms with E-state index >= 15 is 0 Å². The summed E-state index contributed by atoms with van der Waals surface area (Å²) in [6.07, 6.45) is 6.23. The van der Waals surface area contributed by atoms with Crippen molar-refractivity contribution in [1.82, 2.24) is 10.3 Å². The normalized spacial score (nSPS) is 21.9.